The van der Waals surface area contributed by atoms with Crippen molar-refractivity contribution in [2.24, 2.45) is 0 Å². The van der Waals surface area contributed by atoms with E-state index < -0.39 is 0 Å². The van der Waals surface area contributed by atoms with E-state index >= 15 is 0 Å². The fraction of sp³-hybridized carbons (Fsp3) is 0.200. The van der Waals surface area contributed by atoms with Crippen LogP contribution in [0.1, 0.15) is 24.9 Å². The Balaban J connectivity index is 2.23. The van der Waals surface area contributed by atoms with Gasteiger partial charge in [-0.3, -0.25) is 0 Å². The number of benzene rings is 2. The number of anilines is 1. The van der Waals surface area contributed by atoms with Crippen LogP contribution in [0, 0.1) is 5.82 Å². The van der Waals surface area contributed by atoms with Crippen LogP contribution in [-0.2, 0) is 0 Å². The molecule has 2 rings (SSSR count). The second-order valence-corrected chi connectivity index (χ2v) is 5.06. The molecule has 0 saturated heterocycles. The third-order valence-electron chi connectivity index (χ3n) is 2.87. The van der Waals surface area contributed by atoms with E-state index in [2.05, 4.69) is 40.3 Å². The molecule has 1 atom stereocenters. The van der Waals surface area contributed by atoms with Crippen molar-refractivity contribution in [3.05, 3.63) is 64.4 Å². The van der Waals surface area contributed by atoms with Crippen LogP contribution in [0.5, 0.6) is 0 Å². The lowest BCUT2D eigenvalue weighted by atomic mass is 10.0. The quantitative estimate of drug-likeness (QED) is 0.823. The molecule has 3 heteroatoms. The van der Waals surface area contributed by atoms with Gasteiger partial charge in [-0.25, -0.2) is 4.39 Å². The van der Waals surface area contributed by atoms with Crippen LogP contribution in [0.15, 0.2) is 53.0 Å². The topological polar surface area (TPSA) is 12.0 Å². The van der Waals surface area contributed by atoms with Gasteiger partial charge >= 0.3 is 0 Å². The first-order valence-electron chi connectivity index (χ1n) is 5.97. The number of nitrogens with one attached hydrogen (secondary N) is 1. The maximum atomic E-state index is 13.7. The van der Waals surface area contributed by atoms with E-state index in [4.69, 9.17) is 0 Å². The normalized spacial score (nSPS) is 12.2. The van der Waals surface area contributed by atoms with Gasteiger partial charge in [0.1, 0.15) is 5.82 Å². The highest BCUT2D eigenvalue weighted by Crippen LogP contribution is 2.26. The Bertz CT molecular complexity index is 513. The third-order valence-corrected chi connectivity index (χ3v) is 3.36. The lowest BCUT2D eigenvalue weighted by Crippen LogP contribution is -2.10. The average Bonchev–Trinajstić information content (AvgIpc) is 2.41. The van der Waals surface area contributed by atoms with Crippen LogP contribution in [0.3, 0.4) is 0 Å². The van der Waals surface area contributed by atoms with Gasteiger partial charge < -0.3 is 5.32 Å². The Morgan fingerprint density at radius 3 is 2.56 bits per heavy atom. The zero-order valence-electron chi connectivity index (χ0n) is 10.2. The molecule has 0 amide bonds. The molecule has 0 radical (unpaired) electrons. The molecule has 0 bridgehead atoms. The van der Waals surface area contributed by atoms with Gasteiger partial charge in [-0.15, -0.1) is 0 Å². The molecule has 18 heavy (non-hydrogen) atoms. The molecule has 0 heterocycles. The first kappa shape index (κ1) is 13.1. The van der Waals surface area contributed by atoms with Gasteiger partial charge in [0.2, 0.25) is 0 Å². The summed E-state index contributed by atoms with van der Waals surface area (Å²) in [6, 6.07) is 15.1. The molecule has 2 aromatic carbocycles. The molecule has 0 saturated carbocycles. The summed E-state index contributed by atoms with van der Waals surface area (Å²) in [5.74, 6) is -0.229. The van der Waals surface area contributed by atoms with Gasteiger partial charge in [0.05, 0.1) is 11.7 Å². The highest BCUT2D eigenvalue weighted by molar-refractivity contribution is 9.10. The Morgan fingerprint density at radius 1 is 1.17 bits per heavy atom. The van der Waals surface area contributed by atoms with E-state index in [0.717, 1.165) is 10.9 Å². The molecule has 1 unspecified atom stereocenters. The van der Waals surface area contributed by atoms with Gasteiger partial charge in [-0.05, 0) is 30.2 Å². The standard InChI is InChI=1S/C15H15BrFN/c1-2-14(11-6-4-3-5-7-11)18-15-10-12(16)8-9-13(15)17/h3-10,14,18H,2H2,1H3. The summed E-state index contributed by atoms with van der Waals surface area (Å²) in [6.45, 7) is 2.08. The Hall–Kier alpha value is -1.35. The lowest BCUT2D eigenvalue weighted by molar-refractivity contribution is 0.623. The zero-order valence-corrected chi connectivity index (χ0v) is 11.7. The maximum Gasteiger partial charge on any atom is 0.146 e. The SMILES string of the molecule is CCC(Nc1cc(Br)ccc1F)c1ccccc1. The van der Waals surface area contributed by atoms with E-state index in [9.17, 15) is 4.39 Å². The first-order chi connectivity index (χ1) is 8.70. The highest BCUT2D eigenvalue weighted by Gasteiger charge is 2.11. The van der Waals surface area contributed by atoms with Gasteiger partial charge in [0.25, 0.3) is 0 Å². The lowest BCUT2D eigenvalue weighted by Gasteiger charge is -2.19. The van der Waals surface area contributed by atoms with E-state index in [1.54, 1.807) is 12.1 Å². The summed E-state index contributed by atoms with van der Waals surface area (Å²) >= 11 is 3.36. The Labute approximate surface area is 115 Å². The fourth-order valence-corrected chi connectivity index (χ4v) is 2.26. The van der Waals surface area contributed by atoms with Crippen LogP contribution >= 0.6 is 15.9 Å². The van der Waals surface area contributed by atoms with Crippen LogP contribution in [0.2, 0.25) is 0 Å². The average molecular weight is 308 g/mol. The minimum atomic E-state index is -0.229. The summed E-state index contributed by atoms with van der Waals surface area (Å²) in [5.41, 5.74) is 1.69. The fourth-order valence-electron chi connectivity index (χ4n) is 1.90. The molecule has 0 aliphatic rings. The highest BCUT2D eigenvalue weighted by atomic mass is 79.9. The van der Waals surface area contributed by atoms with Crippen LogP contribution in [0.4, 0.5) is 10.1 Å². The van der Waals surface area contributed by atoms with Gasteiger partial charge in [0, 0.05) is 4.47 Å². The largest absolute Gasteiger partial charge is 0.376 e. The van der Waals surface area contributed by atoms with Crippen molar-refractivity contribution in [1.29, 1.82) is 0 Å². The minimum Gasteiger partial charge on any atom is -0.376 e. The molecular formula is C15H15BrFN. The Kier molecular flexibility index (Phi) is 4.37. The molecule has 94 valence electrons. The smallest absolute Gasteiger partial charge is 0.146 e. The van der Waals surface area contributed by atoms with Crippen molar-refractivity contribution < 1.29 is 4.39 Å². The van der Waals surface area contributed by atoms with Crippen molar-refractivity contribution in [3.8, 4) is 0 Å². The predicted octanol–water partition coefficient (Wildman–Crippen LogP) is 5.15. The number of hydrogen-bond acceptors (Lipinski definition) is 1. The van der Waals surface area contributed by atoms with E-state index in [1.807, 2.05) is 18.2 Å². The zero-order chi connectivity index (χ0) is 13.0. The Morgan fingerprint density at radius 2 is 1.89 bits per heavy atom. The summed E-state index contributed by atoms with van der Waals surface area (Å²) in [6.07, 6.45) is 0.899. The van der Waals surface area contributed by atoms with Gasteiger partial charge in [-0.2, -0.15) is 0 Å². The van der Waals surface area contributed by atoms with Crippen molar-refractivity contribution in [2.75, 3.05) is 5.32 Å². The third kappa shape index (κ3) is 3.10. The first-order valence-corrected chi connectivity index (χ1v) is 6.76. The van der Waals surface area contributed by atoms with Crippen LogP contribution in [0.25, 0.3) is 0 Å². The number of halogens is 2. The predicted molar refractivity (Wildman–Crippen MR) is 77.2 cm³/mol. The molecule has 1 nitrogen and oxygen atoms in total. The molecular weight excluding hydrogens is 293 g/mol. The monoisotopic (exact) mass is 307 g/mol. The molecule has 1 N–H and O–H groups in total. The number of rotatable bonds is 4. The minimum absolute atomic E-state index is 0.120. The van der Waals surface area contributed by atoms with E-state index in [1.165, 1.54) is 11.6 Å². The van der Waals surface area contributed by atoms with Crippen molar-refractivity contribution in [1.82, 2.24) is 0 Å². The molecule has 0 aromatic heterocycles. The van der Waals surface area contributed by atoms with E-state index in [-0.39, 0.29) is 11.9 Å². The molecule has 0 spiro atoms. The summed E-state index contributed by atoms with van der Waals surface area (Å²) in [7, 11) is 0. The summed E-state index contributed by atoms with van der Waals surface area (Å²) < 4.78 is 14.6. The number of hydrogen-bond donors (Lipinski definition) is 1. The molecule has 0 aliphatic carbocycles. The molecule has 0 aliphatic heterocycles. The van der Waals surface area contributed by atoms with Crippen LogP contribution in [-0.4, -0.2) is 0 Å². The van der Waals surface area contributed by atoms with Crippen molar-refractivity contribution in [2.45, 2.75) is 19.4 Å². The van der Waals surface area contributed by atoms with Crippen LogP contribution < -0.4 is 5.32 Å². The van der Waals surface area contributed by atoms with E-state index in [0.29, 0.717) is 5.69 Å². The summed E-state index contributed by atoms with van der Waals surface area (Å²) in [4.78, 5) is 0. The maximum absolute atomic E-state index is 13.7. The van der Waals surface area contributed by atoms with Gasteiger partial charge in [-0.1, -0.05) is 53.2 Å². The van der Waals surface area contributed by atoms with Crippen molar-refractivity contribution in [3.63, 3.8) is 0 Å². The molecule has 2 aromatic rings. The second-order valence-electron chi connectivity index (χ2n) is 4.14. The van der Waals surface area contributed by atoms with Crippen molar-refractivity contribution >= 4 is 21.6 Å². The van der Waals surface area contributed by atoms with Gasteiger partial charge in [0.15, 0.2) is 0 Å². The summed E-state index contributed by atoms with van der Waals surface area (Å²) in [5, 5.41) is 3.25. The second kappa shape index (κ2) is 6.01. The molecule has 0 fully saturated rings.